The standard InChI is InChI=1S/C21H23F2N3O2/c1-14-2-5-18(12-19(14)23)25-21(28)15-8-10-26(11-9-15)13-20(27)24-17-6-3-16(22)4-7-17/h2-7,12,15H,8-11,13H2,1H3,(H,24,27)(H,25,28). The van der Waals surface area contributed by atoms with Crippen molar-refractivity contribution in [3.8, 4) is 0 Å². The van der Waals surface area contributed by atoms with Gasteiger partial charge in [-0.3, -0.25) is 14.5 Å². The van der Waals surface area contributed by atoms with E-state index in [4.69, 9.17) is 0 Å². The minimum atomic E-state index is -0.355. The van der Waals surface area contributed by atoms with Crippen LogP contribution >= 0.6 is 0 Å². The molecule has 2 aromatic carbocycles. The van der Waals surface area contributed by atoms with Gasteiger partial charge in [0.1, 0.15) is 11.6 Å². The first-order valence-corrected chi connectivity index (χ1v) is 9.25. The van der Waals surface area contributed by atoms with Crippen LogP contribution in [0, 0.1) is 24.5 Å². The molecule has 5 nitrogen and oxygen atoms in total. The van der Waals surface area contributed by atoms with E-state index < -0.39 is 0 Å². The van der Waals surface area contributed by atoms with Crippen molar-refractivity contribution in [1.29, 1.82) is 0 Å². The monoisotopic (exact) mass is 387 g/mol. The largest absolute Gasteiger partial charge is 0.326 e. The van der Waals surface area contributed by atoms with Crippen LogP contribution in [0.25, 0.3) is 0 Å². The molecule has 1 heterocycles. The van der Waals surface area contributed by atoms with Crippen molar-refractivity contribution in [3.63, 3.8) is 0 Å². The van der Waals surface area contributed by atoms with Crippen LogP contribution in [0.5, 0.6) is 0 Å². The highest BCUT2D eigenvalue weighted by Crippen LogP contribution is 2.21. The van der Waals surface area contributed by atoms with Gasteiger partial charge in [0.2, 0.25) is 11.8 Å². The van der Waals surface area contributed by atoms with Crippen molar-refractivity contribution in [1.82, 2.24) is 4.90 Å². The van der Waals surface area contributed by atoms with Crippen molar-refractivity contribution in [2.75, 3.05) is 30.3 Å². The summed E-state index contributed by atoms with van der Waals surface area (Å²) in [4.78, 5) is 26.5. The lowest BCUT2D eigenvalue weighted by Gasteiger charge is -2.30. The van der Waals surface area contributed by atoms with Gasteiger partial charge in [-0.2, -0.15) is 0 Å². The van der Waals surface area contributed by atoms with Crippen LogP contribution in [-0.4, -0.2) is 36.3 Å². The first-order chi connectivity index (χ1) is 13.4. The van der Waals surface area contributed by atoms with Crippen LogP contribution in [0.15, 0.2) is 42.5 Å². The van der Waals surface area contributed by atoms with Crippen LogP contribution in [0.1, 0.15) is 18.4 Å². The quantitative estimate of drug-likeness (QED) is 0.825. The molecule has 0 aromatic heterocycles. The predicted molar refractivity (Wildman–Crippen MR) is 104 cm³/mol. The Labute approximate surface area is 162 Å². The Morgan fingerprint density at radius 2 is 1.64 bits per heavy atom. The predicted octanol–water partition coefficient (Wildman–Crippen LogP) is 3.56. The van der Waals surface area contributed by atoms with Crippen molar-refractivity contribution >= 4 is 23.2 Å². The molecule has 2 amide bonds. The van der Waals surface area contributed by atoms with Gasteiger partial charge in [0.15, 0.2) is 0 Å². The Balaban J connectivity index is 1.44. The number of rotatable bonds is 5. The molecule has 0 spiro atoms. The van der Waals surface area contributed by atoms with Gasteiger partial charge >= 0.3 is 0 Å². The second kappa shape index (κ2) is 8.93. The first-order valence-electron chi connectivity index (χ1n) is 9.25. The summed E-state index contributed by atoms with van der Waals surface area (Å²) in [5.41, 5.74) is 1.53. The molecule has 0 bridgehead atoms. The lowest BCUT2D eigenvalue weighted by atomic mass is 9.95. The van der Waals surface area contributed by atoms with E-state index in [1.54, 1.807) is 19.1 Å². The second-order valence-corrected chi connectivity index (χ2v) is 7.06. The van der Waals surface area contributed by atoms with E-state index in [1.807, 2.05) is 4.90 Å². The normalized spacial score (nSPS) is 15.2. The number of likely N-dealkylation sites (tertiary alicyclic amines) is 1. The Hall–Kier alpha value is -2.80. The van der Waals surface area contributed by atoms with Crippen molar-refractivity contribution in [2.24, 2.45) is 5.92 Å². The Bertz CT molecular complexity index is 847. The number of piperidine rings is 1. The topological polar surface area (TPSA) is 61.4 Å². The fourth-order valence-corrected chi connectivity index (χ4v) is 3.21. The number of nitrogens with zero attached hydrogens (tertiary/aromatic N) is 1. The van der Waals surface area contributed by atoms with Crippen molar-refractivity contribution < 1.29 is 18.4 Å². The number of hydrogen-bond donors (Lipinski definition) is 2. The Kier molecular flexibility index (Phi) is 6.36. The third-order valence-electron chi connectivity index (χ3n) is 4.89. The number of benzene rings is 2. The van der Waals surface area contributed by atoms with Crippen LogP contribution in [0.3, 0.4) is 0 Å². The minimum Gasteiger partial charge on any atom is -0.326 e. The van der Waals surface area contributed by atoms with E-state index in [0.717, 1.165) is 0 Å². The highest BCUT2D eigenvalue weighted by Gasteiger charge is 2.26. The lowest BCUT2D eigenvalue weighted by Crippen LogP contribution is -2.41. The summed E-state index contributed by atoms with van der Waals surface area (Å²) in [6.07, 6.45) is 1.26. The summed E-state index contributed by atoms with van der Waals surface area (Å²) in [5.74, 6) is -1.17. The van der Waals surface area contributed by atoms with Crippen LogP contribution in [-0.2, 0) is 9.59 Å². The second-order valence-electron chi connectivity index (χ2n) is 7.06. The summed E-state index contributed by atoms with van der Waals surface area (Å²) < 4.78 is 26.5. The number of carbonyl (C=O) groups excluding carboxylic acids is 2. The molecule has 3 rings (SSSR count). The van der Waals surface area contributed by atoms with E-state index in [0.29, 0.717) is 42.9 Å². The van der Waals surface area contributed by atoms with Crippen LogP contribution in [0.4, 0.5) is 20.2 Å². The molecular formula is C21H23F2N3O2. The fourth-order valence-electron chi connectivity index (χ4n) is 3.21. The SMILES string of the molecule is Cc1ccc(NC(=O)C2CCN(CC(=O)Nc3ccc(F)cc3)CC2)cc1F. The summed E-state index contributed by atoms with van der Waals surface area (Å²) >= 11 is 0. The summed E-state index contributed by atoms with van der Waals surface area (Å²) in [6, 6.07) is 10.2. The lowest BCUT2D eigenvalue weighted by molar-refractivity contribution is -0.121. The molecule has 0 saturated carbocycles. The van der Waals surface area contributed by atoms with E-state index in [-0.39, 0.29) is 35.9 Å². The van der Waals surface area contributed by atoms with Gasteiger partial charge in [-0.05, 0) is 74.8 Å². The molecule has 1 aliphatic heterocycles. The number of carbonyl (C=O) groups is 2. The van der Waals surface area contributed by atoms with Gasteiger partial charge in [0.05, 0.1) is 6.54 Å². The molecule has 2 N–H and O–H groups in total. The molecule has 148 valence electrons. The molecule has 0 atom stereocenters. The van der Waals surface area contributed by atoms with Crippen LogP contribution < -0.4 is 10.6 Å². The van der Waals surface area contributed by atoms with Crippen LogP contribution in [0.2, 0.25) is 0 Å². The van der Waals surface area contributed by atoms with Crippen molar-refractivity contribution in [2.45, 2.75) is 19.8 Å². The molecule has 2 aromatic rings. The number of aryl methyl sites for hydroxylation is 1. The summed E-state index contributed by atoms with van der Waals surface area (Å²) in [5, 5.41) is 5.50. The first kappa shape index (κ1) is 19.9. The van der Waals surface area contributed by atoms with Gasteiger partial charge in [-0.15, -0.1) is 0 Å². The van der Waals surface area contributed by atoms with E-state index in [9.17, 15) is 18.4 Å². The molecule has 7 heteroatoms. The maximum absolute atomic E-state index is 13.6. The van der Waals surface area contributed by atoms with Gasteiger partial charge in [0.25, 0.3) is 0 Å². The van der Waals surface area contributed by atoms with Gasteiger partial charge in [-0.25, -0.2) is 8.78 Å². The van der Waals surface area contributed by atoms with Gasteiger partial charge in [-0.1, -0.05) is 6.07 Å². The molecule has 0 radical (unpaired) electrons. The zero-order chi connectivity index (χ0) is 20.1. The summed E-state index contributed by atoms with van der Waals surface area (Å²) in [6.45, 7) is 3.13. The average Bonchev–Trinajstić information content (AvgIpc) is 2.67. The molecule has 1 saturated heterocycles. The Morgan fingerprint density at radius 3 is 2.29 bits per heavy atom. The number of nitrogens with one attached hydrogen (secondary N) is 2. The maximum atomic E-state index is 13.6. The number of halogens is 2. The van der Waals surface area contributed by atoms with E-state index >= 15 is 0 Å². The maximum Gasteiger partial charge on any atom is 0.238 e. The zero-order valence-corrected chi connectivity index (χ0v) is 15.7. The highest BCUT2D eigenvalue weighted by atomic mass is 19.1. The third kappa shape index (κ3) is 5.36. The van der Waals surface area contributed by atoms with Gasteiger partial charge < -0.3 is 10.6 Å². The zero-order valence-electron chi connectivity index (χ0n) is 15.7. The number of anilines is 2. The number of hydrogen-bond acceptors (Lipinski definition) is 3. The van der Waals surface area contributed by atoms with Gasteiger partial charge in [0, 0.05) is 17.3 Å². The third-order valence-corrected chi connectivity index (χ3v) is 4.89. The highest BCUT2D eigenvalue weighted by molar-refractivity contribution is 5.93. The molecule has 28 heavy (non-hydrogen) atoms. The number of amides is 2. The molecule has 1 aliphatic rings. The molecule has 0 unspecified atom stereocenters. The fraction of sp³-hybridized carbons (Fsp3) is 0.333. The van der Waals surface area contributed by atoms with E-state index in [1.165, 1.54) is 30.3 Å². The average molecular weight is 387 g/mol. The van der Waals surface area contributed by atoms with Crippen molar-refractivity contribution in [3.05, 3.63) is 59.7 Å². The summed E-state index contributed by atoms with van der Waals surface area (Å²) in [7, 11) is 0. The molecule has 1 fully saturated rings. The smallest absolute Gasteiger partial charge is 0.238 e. The Morgan fingerprint density at radius 1 is 1.00 bits per heavy atom. The molecular weight excluding hydrogens is 364 g/mol. The molecule has 0 aliphatic carbocycles. The van der Waals surface area contributed by atoms with E-state index in [2.05, 4.69) is 10.6 Å². The minimum absolute atomic E-state index is 0.126.